The summed E-state index contributed by atoms with van der Waals surface area (Å²) in [5.74, 6) is -0.364. The number of hydrogen-bond donors (Lipinski definition) is 3. The van der Waals surface area contributed by atoms with E-state index in [0.29, 0.717) is 0 Å². The standard InChI is InChI=1S/C10H20N2O4/c1-10(2,3)8(15)12(5-7-14)9(16)11-4-6-13/h13-14H,4-7H2,1-3H3,(H,11,16). The Morgan fingerprint density at radius 2 is 1.75 bits per heavy atom. The maximum Gasteiger partial charge on any atom is 0.324 e. The van der Waals surface area contributed by atoms with Crippen molar-refractivity contribution in [3.63, 3.8) is 0 Å². The minimum Gasteiger partial charge on any atom is -0.395 e. The predicted octanol–water partition coefficient (Wildman–Crippen LogP) is -0.445. The van der Waals surface area contributed by atoms with Gasteiger partial charge in [0, 0.05) is 12.0 Å². The number of imide groups is 1. The highest BCUT2D eigenvalue weighted by atomic mass is 16.3. The van der Waals surface area contributed by atoms with Crippen molar-refractivity contribution in [2.75, 3.05) is 26.3 Å². The van der Waals surface area contributed by atoms with Crippen molar-refractivity contribution < 1.29 is 19.8 Å². The van der Waals surface area contributed by atoms with Crippen LogP contribution in [0, 0.1) is 5.41 Å². The van der Waals surface area contributed by atoms with Crippen molar-refractivity contribution in [3.8, 4) is 0 Å². The summed E-state index contributed by atoms with van der Waals surface area (Å²) in [4.78, 5) is 24.4. The Bertz CT molecular complexity index is 248. The van der Waals surface area contributed by atoms with Gasteiger partial charge in [-0.05, 0) is 0 Å². The Balaban J connectivity index is 4.60. The minimum atomic E-state index is -0.689. The molecule has 0 heterocycles. The fourth-order valence-electron chi connectivity index (χ4n) is 1.06. The lowest BCUT2D eigenvalue weighted by Gasteiger charge is -2.27. The van der Waals surface area contributed by atoms with Crippen LogP contribution in [0.15, 0.2) is 0 Å². The Hall–Kier alpha value is -1.14. The molecule has 0 radical (unpaired) electrons. The summed E-state index contributed by atoms with van der Waals surface area (Å²) in [5.41, 5.74) is -0.689. The zero-order valence-electron chi connectivity index (χ0n) is 9.99. The molecule has 6 heteroatoms. The summed E-state index contributed by atoms with van der Waals surface area (Å²) in [6, 6.07) is -0.594. The second-order valence-electron chi connectivity index (χ2n) is 4.39. The second kappa shape index (κ2) is 6.44. The van der Waals surface area contributed by atoms with Crippen LogP contribution in [0.1, 0.15) is 20.8 Å². The lowest BCUT2D eigenvalue weighted by Crippen LogP contribution is -2.49. The molecule has 0 aromatic heterocycles. The summed E-state index contributed by atoms with van der Waals surface area (Å²) in [7, 11) is 0. The molecule has 0 rings (SSSR count). The van der Waals surface area contributed by atoms with Crippen molar-refractivity contribution in [1.29, 1.82) is 0 Å². The molecule has 16 heavy (non-hydrogen) atoms. The topological polar surface area (TPSA) is 89.9 Å². The molecule has 0 aliphatic rings. The Morgan fingerprint density at radius 1 is 1.19 bits per heavy atom. The number of nitrogens with zero attached hydrogens (tertiary/aromatic N) is 1. The molecule has 0 atom stereocenters. The highest BCUT2D eigenvalue weighted by molar-refractivity contribution is 5.96. The van der Waals surface area contributed by atoms with E-state index in [0.717, 1.165) is 4.90 Å². The molecule has 0 aliphatic heterocycles. The van der Waals surface area contributed by atoms with Crippen LogP contribution in [0.4, 0.5) is 4.79 Å². The molecule has 3 N–H and O–H groups in total. The van der Waals surface area contributed by atoms with Gasteiger partial charge >= 0.3 is 6.03 Å². The molecule has 3 amide bonds. The SMILES string of the molecule is CC(C)(C)C(=O)N(CCO)C(=O)NCCO. The third kappa shape index (κ3) is 4.59. The molecule has 0 spiro atoms. The monoisotopic (exact) mass is 232 g/mol. The van der Waals surface area contributed by atoms with Crippen LogP contribution in [-0.4, -0.2) is 53.4 Å². The van der Waals surface area contributed by atoms with Crippen molar-refractivity contribution in [1.82, 2.24) is 10.2 Å². The molecular formula is C10H20N2O4. The molecule has 94 valence electrons. The van der Waals surface area contributed by atoms with Crippen molar-refractivity contribution in [2.24, 2.45) is 5.41 Å². The van der Waals surface area contributed by atoms with E-state index in [1.807, 2.05) is 0 Å². The van der Waals surface area contributed by atoms with E-state index in [2.05, 4.69) is 5.32 Å². The predicted molar refractivity (Wildman–Crippen MR) is 58.7 cm³/mol. The molecule has 0 saturated carbocycles. The minimum absolute atomic E-state index is 0.0482. The smallest absolute Gasteiger partial charge is 0.324 e. The van der Waals surface area contributed by atoms with Crippen molar-refractivity contribution in [2.45, 2.75) is 20.8 Å². The molecule has 6 nitrogen and oxygen atoms in total. The van der Waals surface area contributed by atoms with Crippen molar-refractivity contribution in [3.05, 3.63) is 0 Å². The normalized spacial score (nSPS) is 11.1. The second-order valence-corrected chi connectivity index (χ2v) is 4.39. The molecule has 0 aromatic rings. The third-order valence-corrected chi connectivity index (χ3v) is 1.84. The number of carbonyl (C=O) groups is 2. The van der Waals surface area contributed by atoms with E-state index in [-0.39, 0.29) is 32.2 Å². The van der Waals surface area contributed by atoms with E-state index < -0.39 is 11.4 Å². The average molecular weight is 232 g/mol. The van der Waals surface area contributed by atoms with Crippen LogP contribution in [0.5, 0.6) is 0 Å². The van der Waals surface area contributed by atoms with Crippen LogP contribution in [0.3, 0.4) is 0 Å². The van der Waals surface area contributed by atoms with E-state index in [1.54, 1.807) is 20.8 Å². The fourth-order valence-corrected chi connectivity index (χ4v) is 1.06. The number of amides is 3. The first kappa shape index (κ1) is 14.9. The van der Waals surface area contributed by atoms with E-state index >= 15 is 0 Å². The number of nitrogens with one attached hydrogen (secondary N) is 1. The van der Waals surface area contributed by atoms with Gasteiger partial charge in [-0.15, -0.1) is 0 Å². The van der Waals surface area contributed by atoms with Gasteiger partial charge in [0.15, 0.2) is 0 Å². The third-order valence-electron chi connectivity index (χ3n) is 1.84. The van der Waals surface area contributed by atoms with Gasteiger partial charge in [0.05, 0.1) is 19.8 Å². The molecular weight excluding hydrogens is 212 g/mol. The molecule has 0 unspecified atom stereocenters. The van der Waals surface area contributed by atoms with Gasteiger partial charge in [0.1, 0.15) is 0 Å². The molecule has 0 saturated heterocycles. The molecule has 0 fully saturated rings. The zero-order chi connectivity index (χ0) is 12.8. The molecule has 0 aliphatic carbocycles. The first-order chi connectivity index (χ1) is 7.34. The van der Waals surface area contributed by atoms with Crippen molar-refractivity contribution >= 4 is 11.9 Å². The van der Waals surface area contributed by atoms with Crippen LogP contribution >= 0.6 is 0 Å². The van der Waals surface area contributed by atoms with Crippen LogP contribution < -0.4 is 5.32 Å². The number of rotatable bonds is 4. The van der Waals surface area contributed by atoms with Crippen LogP contribution in [0.25, 0.3) is 0 Å². The maximum atomic E-state index is 11.9. The Morgan fingerprint density at radius 3 is 2.12 bits per heavy atom. The molecule has 0 bridgehead atoms. The van der Waals surface area contributed by atoms with Crippen LogP contribution in [0.2, 0.25) is 0 Å². The highest BCUT2D eigenvalue weighted by Gasteiger charge is 2.30. The summed E-state index contributed by atoms with van der Waals surface area (Å²) < 4.78 is 0. The average Bonchev–Trinajstić information content (AvgIpc) is 2.20. The first-order valence-electron chi connectivity index (χ1n) is 5.16. The quantitative estimate of drug-likeness (QED) is 0.612. The van der Waals surface area contributed by atoms with Gasteiger partial charge < -0.3 is 15.5 Å². The van der Waals surface area contributed by atoms with Crippen LogP contribution in [-0.2, 0) is 4.79 Å². The highest BCUT2D eigenvalue weighted by Crippen LogP contribution is 2.17. The van der Waals surface area contributed by atoms with Gasteiger partial charge in [-0.25, -0.2) is 4.79 Å². The summed E-state index contributed by atoms with van der Waals surface area (Å²) in [6.07, 6.45) is 0. The summed E-state index contributed by atoms with van der Waals surface area (Å²) >= 11 is 0. The zero-order valence-corrected chi connectivity index (χ0v) is 9.99. The van der Waals surface area contributed by atoms with Gasteiger partial charge in [0.25, 0.3) is 0 Å². The van der Waals surface area contributed by atoms with E-state index in [9.17, 15) is 9.59 Å². The van der Waals surface area contributed by atoms with Gasteiger partial charge in [-0.2, -0.15) is 0 Å². The van der Waals surface area contributed by atoms with Gasteiger partial charge in [-0.3, -0.25) is 9.69 Å². The largest absolute Gasteiger partial charge is 0.395 e. The number of aliphatic hydroxyl groups is 2. The Kier molecular flexibility index (Phi) is 5.98. The number of carbonyl (C=O) groups excluding carboxylic acids is 2. The summed E-state index contributed by atoms with van der Waals surface area (Å²) in [5, 5.41) is 19.7. The van der Waals surface area contributed by atoms with Gasteiger partial charge in [0.2, 0.25) is 5.91 Å². The van der Waals surface area contributed by atoms with E-state index in [4.69, 9.17) is 10.2 Å². The van der Waals surface area contributed by atoms with E-state index in [1.165, 1.54) is 0 Å². The van der Waals surface area contributed by atoms with Gasteiger partial charge in [-0.1, -0.05) is 20.8 Å². The number of hydrogen-bond acceptors (Lipinski definition) is 4. The lowest BCUT2D eigenvalue weighted by molar-refractivity contribution is -0.136. The molecule has 0 aromatic carbocycles. The Labute approximate surface area is 95.2 Å². The first-order valence-corrected chi connectivity index (χ1v) is 5.16. The fraction of sp³-hybridized carbons (Fsp3) is 0.800. The lowest BCUT2D eigenvalue weighted by atomic mass is 9.95. The maximum absolute atomic E-state index is 11.9. The number of aliphatic hydroxyl groups excluding tert-OH is 2. The summed E-state index contributed by atoms with van der Waals surface area (Å²) in [6.45, 7) is 4.64. The number of urea groups is 1.